The van der Waals surface area contributed by atoms with Crippen molar-refractivity contribution in [2.45, 2.75) is 57.2 Å². The van der Waals surface area contributed by atoms with Gasteiger partial charge in [-0.1, -0.05) is 48.0 Å². The Morgan fingerprint density at radius 1 is 0.852 bits per heavy atom. The van der Waals surface area contributed by atoms with E-state index in [0.29, 0.717) is 12.1 Å². The zero-order valence-corrected chi connectivity index (χ0v) is 16.5. The molecule has 142 valence electrons. The summed E-state index contributed by atoms with van der Waals surface area (Å²) in [6, 6.07) is 16.3. The first-order valence-corrected chi connectivity index (χ1v) is 10.8. The van der Waals surface area contributed by atoms with Gasteiger partial charge in [-0.25, -0.2) is 0 Å². The molecule has 6 rings (SSSR count). The smallest absolute Gasteiger partial charge is 0.124 e. The molecule has 2 aromatic carbocycles. The Balaban J connectivity index is 1.27. The molecule has 1 N–H and O–H groups in total. The van der Waals surface area contributed by atoms with Crippen LogP contribution in [0.15, 0.2) is 48.5 Å². The van der Waals surface area contributed by atoms with Crippen LogP contribution in [0, 0.1) is 17.8 Å². The van der Waals surface area contributed by atoms with Gasteiger partial charge in [0.15, 0.2) is 0 Å². The molecule has 0 spiro atoms. The first-order chi connectivity index (χ1) is 13.2. The molecule has 0 saturated heterocycles. The maximum atomic E-state index is 6.28. The van der Waals surface area contributed by atoms with Gasteiger partial charge in [0, 0.05) is 28.2 Å². The lowest BCUT2D eigenvalue weighted by Crippen LogP contribution is -2.58. The fraction of sp³-hybridized carbons (Fsp3) is 0.500. The number of ether oxygens (including phenoxy) is 1. The zero-order valence-electron chi connectivity index (χ0n) is 15.8. The standard InChI is InChI=1S/C24H28ClNO/c25-22-7-3-1-6-21(22)16-27-23-8-4-2-5-20(23)15-26-24-12-17-9-18(13-24)11-19(10-17)14-24/h1-8,17-19,26H,9-16H2. The predicted molar refractivity (Wildman–Crippen MR) is 110 cm³/mol. The van der Waals surface area contributed by atoms with Gasteiger partial charge in [0.2, 0.25) is 0 Å². The van der Waals surface area contributed by atoms with Crippen LogP contribution in [0.5, 0.6) is 5.75 Å². The SMILES string of the molecule is Clc1ccccc1COc1ccccc1CNC12CC3CC(CC(C3)C1)C2. The number of nitrogens with one attached hydrogen (secondary N) is 1. The third-order valence-corrected chi connectivity index (χ3v) is 7.37. The predicted octanol–water partition coefficient (Wildman–Crippen LogP) is 5.98. The highest BCUT2D eigenvalue weighted by molar-refractivity contribution is 6.31. The van der Waals surface area contributed by atoms with Crippen molar-refractivity contribution in [3.05, 3.63) is 64.7 Å². The monoisotopic (exact) mass is 381 g/mol. The molecular formula is C24H28ClNO. The van der Waals surface area contributed by atoms with Crippen LogP contribution in [0.25, 0.3) is 0 Å². The van der Waals surface area contributed by atoms with Crippen molar-refractivity contribution in [1.29, 1.82) is 0 Å². The third kappa shape index (κ3) is 3.62. The number of halogens is 1. The second-order valence-corrected chi connectivity index (χ2v) is 9.45. The van der Waals surface area contributed by atoms with Crippen molar-refractivity contribution in [3.8, 4) is 5.75 Å². The highest BCUT2D eigenvalue weighted by Crippen LogP contribution is 2.55. The van der Waals surface area contributed by atoms with Crippen molar-refractivity contribution in [1.82, 2.24) is 5.32 Å². The maximum absolute atomic E-state index is 6.28. The quantitative estimate of drug-likeness (QED) is 0.664. The van der Waals surface area contributed by atoms with Gasteiger partial charge in [0.1, 0.15) is 12.4 Å². The van der Waals surface area contributed by atoms with E-state index in [4.69, 9.17) is 16.3 Å². The Kier molecular flexibility index (Phi) is 4.65. The minimum atomic E-state index is 0.380. The minimum Gasteiger partial charge on any atom is -0.489 e. The Hall–Kier alpha value is -1.51. The van der Waals surface area contributed by atoms with Crippen LogP contribution in [0.2, 0.25) is 5.02 Å². The van der Waals surface area contributed by atoms with Crippen molar-refractivity contribution >= 4 is 11.6 Å². The van der Waals surface area contributed by atoms with Crippen LogP contribution in [-0.2, 0) is 13.2 Å². The summed E-state index contributed by atoms with van der Waals surface area (Å²) >= 11 is 6.28. The van der Waals surface area contributed by atoms with E-state index >= 15 is 0 Å². The summed E-state index contributed by atoms with van der Waals surface area (Å²) in [5.74, 6) is 3.87. The highest BCUT2D eigenvalue weighted by Gasteiger charge is 2.50. The molecule has 4 aliphatic rings. The molecule has 2 aromatic rings. The Bertz CT molecular complexity index is 782. The summed E-state index contributed by atoms with van der Waals surface area (Å²) in [5.41, 5.74) is 2.66. The largest absolute Gasteiger partial charge is 0.489 e. The molecule has 0 aromatic heterocycles. The van der Waals surface area contributed by atoms with Gasteiger partial charge >= 0.3 is 0 Å². The lowest BCUT2D eigenvalue weighted by Gasteiger charge is -2.57. The molecule has 4 aliphatic carbocycles. The second-order valence-electron chi connectivity index (χ2n) is 9.04. The summed E-state index contributed by atoms with van der Waals surface area (Å²) in [7, 11) is 0. The Labute approximate surface area is 167 Å². The van der Waals surface area contributed by atoms with E-state index in [1.807, 2.05) is 24.3 Å². The lowest BCUT2D eigenvalue weighted by atomic mass is 9.53. The summed E-state index contributed by atoms with van der Waals surface area (Å²) in [5, 5.41) is 4.75. The van der Waals surface area contributed by atoms with Gasteiger partial charge < -0.3 is 10.1 Å². The average Bonchev–Trinajstić information content (AvgIpc) is 2.65. The topological polar surface area (TPSA) is 21.3 Å². The average molecular weight is 382 g/mol. The van der Waals surface area contributed by atoms with Crippen LogP contribution in [-0.4, -0.2) is 5.54 Å². The molecule has 0 aliphatic heterocycles. The van der Waals surface area contributed by atoms with Gasteiger partial charge in [0.05, 0.1) is 0 Å². The molecule has 4 bridgehead atoms. The number of rotatable bonds is 6. The van der Waals surface area contributed by atoms with Crippen LogP contribution < -0.4 is 10.1 Å². The highest BCUT2D eigenvalue weighted by atomic mass is 35.5. The van der Waals surface area contributed by atoms with Gasteiger partial charge in [-0.15, -0.1) is 0 Å². The number of benzene rings is 2. The normalized spacial score (nSPS) is 31.2. The molecule has 4 fully saturated rings. The van der Waals surface area contributed by atoms with Crippen LogP contribution >= 0.6 is 11.6 Å². The number of hydrogen-bond donors (Lipinski definition) is 1. The maximum Gasteiger partial charge on any atom is 0.124 e. The molecule has 0 unspecified atom stereocenters. The van der Waals surface area contributed by atoms with E-state index in [0.717, 1.165) is 40.6 Å². The molecule has 0 heterocycles. The van der Waals surface area contributed by atoms with Gasteiger partial charge in [-0.05, 0) is 68.4 Å². The van der Waals surface area contributed by atoms with Crippen molar-refractivity contribution in [2.24, 2.45) is 17.8 Å². The summed E-state index contributed by atoms with van der Waals surface area (Å²) < 4.78 is 6.15. The fourth-order valence-corrected chi connectivity index (χ4v) is 6.36. The summed E-state index contributed by atoms with van der Waals surface area (Å²) in [6.45, 7) is 1.40. The van der Waals surface area contributed by atoms with Crippen LogP contribution in [0.1, 0.15) is 49.7 Å². The van der Waals surface area contributed by atoms with E-state index in [9.17, 15) is 0 Å². The summed E-state index contributed by atoms with van der Waals surface area (Å²) in [6.07, 6.45) is 8.58. The first-order valence-electron chi connectivity index (χ1n) is 10.4. The van der Waals surface area contributed by atoms with Gasteiger partial charge in [0.25, 0.3) is 0 Å². The van der Waals surface area contributed by atoms with Crippen molar-refractivity contribution in [3.63, 3.8) is 0 Å². The Morgan fingerprint density at radius 3 is 2.11 bits per heavy atom. The zero-order chi connectivity index (χ0) is 18.3. The Morgan fingerprint density at radius 2 is 1.44 bits per heavy atom. The second kappa shape index (κ2) is 7.14. The van der Waals surface area contributed by atoms with Crippen LogP contribution in [0.3, 0.4) is 0 Å². The number of para-hydroxylation sites is 1. The van der Waals surface area contributed by atoms with Gasteiger partial charge in [-0.3, -0.25) is 0 Å². The molecule has 3 heteroatoms. The fourth-order valence-electron chi connectivity index (χ4n) is 6.17. The molecule has 2 nitrogen and oxygen atoms in total. The van der Waals surface area contributed by atoms with Crippen molar-refractivity contribution in [2.75, 3.05) is 0 Å². The van der Waals surface area contributed by atoms with Crippen LogP contribution in [0.4, 0.5) is 0 Å². The molecular weight excluding hydrogens is 354 g/mol. The molecule has 4 saturated carbocycles. The third-order valence-electron chi connectivity index (χ3n) is 7.01. The molecule has 27 heavy (non-hydrogen) atoms. The molecule has 0 amide bonds. The van der Waals surface area contributed by atoms with E-state index in [1.54, 1.807) is 0 Å². The molecule has 0 atom stereocenters. The van der Waals surface area contributed by atoms with E-state index in [-0.39, 0.29) is 0 Å². The van der Waals surface area contributed by atoms with Crippen molar-refractivity contribution < 1.29 is 4.74 Å². The molecule has 0 radical (unpaired) electrons. The van der Waals surface area contributed by atoms with E-state index < -0.39 is 0 Å². The van der Waals surface area contributed by atoms with Gasteiger partial charge in [-0.2, -0.15) is 0 Å². The van der Waals surface area contributed by atoms with E-state index in [2.05, 4.69) is 29.6 Å². The lowest BCUT2D eigenvalue weighted by molar-refractivity contribution is -0.0206. The first kappa shape index (κ1) is 17.6. The number of hydrogen-bond acceptors (Lipinski definition) is 2. The minimum absolute atomic E-state index is 0.380. The summed E-state index contributed by atoms with van der Waals surface area (Å²) in [4.78, 5) is 0. The van der Waals surface area contributed by atoms with E-state index in [1.165, 1.54) is 44.1 Å².